The number of para-hydroxylation sites is 1. The van der Waals surface area contributed by atoms with Crippen molar-refractivity contribution in [2.24, 2.45) is 0 Å². The average Bonchev–Trinajstić information content (AvgIpc) is 3.08. The van der Waals surface area contributed by atoms with Crippen molar-refractivity contribution in [1.29, 1.82) is 0 Å². The second-order valence-electron chi connectivity index (χ2n) is 5.84. The van der Waals surface area contributed by atoms with Gasteiger partial charge in [-0.3, -0.25) is 9.78 Å². The van der Waals surface area contributed by atoms with E-state index in [2.05, 4.69) is 15.3 Å². The lowest BCUT2D eigenvalue weighted by atomic mass is 10.0. The Bertz CT molecular complexity index is 1040. The molecule has 1 atom stereocenters. The predicted octanol–water partition coefficient (Wildman–Crippen LogP) is 3.39. The third kappa shape index (κ3) is 3.04. The smallest absolute Gasteiger partial charge is 0.308 e. The summed E-state index contributed by atoms with van der Waals surface area (Å²) in [6, 6.07) is 20.7. The predicted molar refractivity (Wildman–Crippen MR) is 96.8 cm³/mol. The van der Waals surface area contributed by atoms with Gasteiger partial charge in [0, 0.05) is 13.1 Å². The van der Waals surface area contributed by atoms with Crippen LogP contribution in [-0.4, -0.2) is 25.9 Å². The lowest BCUT2D eigenvalue weighted by Gasteiger charge is -2.18. The molecule has 6 heteroatoms. The molecule has 0 aliphatic heterocycles. The number of hydrogen-bond donors (Lipinski definition) is 0. The monoisotopic (exact) mass is 344 g/mol. The number of esters is 1. The maximum absolute atomic E-state index is 11.1. The van der Waals surface area contributed by atoms with Crippen LogP contribution in [0, 0.1) is 0 Å². The van der Waals surface area contributed by atoms with E-state index in [0.29, 0.717) is 5.75 Å². The Balaban J connectivity index is 1.83. The maximum Gasteiger partial charge on any atom is 0.308 e. The zero-order chi connectivity index (χ0) is 17.9. The highest BCUT2D eigenvalue weighted by molar-refractivity contribution is 5.74. The fourth-order valence-electron chi connectivity index (χ4n) is 2.94. The topological polar surface area (TPSA) is 69.9 Å². The molecule has 26 heavy (non-hydrogen) atoms. The van der Waals surface area contributed by atoms with E-state index in [4.69, 9.17) is 4.74 Å². The van der Waals surface area contributed by atoms with Crippen molar-refractivity contribution in [2.45, 2.75) is 13.0 Å². The largest absolute Gasteiger partial charge is 0.427 e. The highest BCUT2D eigenvalue weighted by atomic mass is 16.5. The van der Waals surface area contributed by atoms with Crippen LogP contribution in [0.3, 0.4) is 0 Å². The van der Waals surface area contributed by atoms with E-state index in [1.807, 2.05) is 59.3 Å². The van der Waals surface area contributed by atoms with Crippen LogP contribution in [0.25, 0.3) is 11.0 Å². The van der Waals surface area contributed by atoms with Crippen LogP contribution < -0.4 is 4.74 Å². The van der Waals surface area contributed by atoms with E-state index in [9.17, 15) is 4.79 Å². The summed E-state index contributed by atoms with van der Waals surface area (Å²) in [5.41, 5.74) is 3.57. The molecule has 6 nitrogen and oxygen atoms in total. The molecule has 4 rings (SSSR count). The lowest BCUT2D eigenvalue weighted by Crippen LogP contribution is -2.15. The first-order chi connectivity index (χ1) is 12.7. The van der Waals surface area contributed by atoms with Crippen LogP contribution in [0.4, 0.5) is 0 Å². The van der Waals surface area contributed by atoms with Gasteiger partial charge in [0.15, 0.2) is 0 Å². The van der Waals surface area contributed by atoms with Crippen LogP contribution in [0.2, 0.25) is 0 Å². The fraction of sp³-hybridized carbons (Fsp3) is 0.100. The van der Waals surface area contributed by atoms with Crippen molar-refractivity contribution in [1.82, 2.24) is 20.0 Å². The van der Waals surface area contributed by atoms with Gasteiger partial charge in [-0.2, -0.15) is 0 Å². The second-order valence-corrected chi connectivity index (χ2v) is 5.84. The van der Waals surface area contributed by atoms with Crippen LogP contribution in [0.5, 0.6) is 5.75 Å². The van der Waals surface area contributed by atoms with Gasteiger partial charge >= 0.3 is 5.97 Å². The van der Waals surface area contributed by atoms with E-state index in [0.717, 1.165) is 22.3 Å². The number of rotatable bonds is 4. The van der Waals surface area contributed by atoms with Crippen LogP contribution in [0.1, 0.15) is 24.2 Å². The summed E-state index contributed by atoms with van der Waals surface area (Å²) >= 11 is 0. The molecule has 0 bridgehead atoms. The Hall–Kier alpha value is -3.54. The molecule has 0 radical (unpaired) electrons. The summed E-state index contributed by atoms with van der Waals surface area (Å²) in [5.74, 6) is 0.158. The third-order valence-electron chi connectivity index (χ3n) is 4.05. The summed E-state index contributed by atoms with van der Waals surface area (Å²) < 4.78 is 6.99. The van der Waals surface area contributed by atoms with E-state index < -0.39 is 0 Å². The molecule has 0 N–H and O–H groups in total. The molecule has 1 unspecified atom stereocenters. The van der Waals surface area contributed by atoms with Gasteiger partial charge in [0.2, 0.25) is 0 Å². The molecule has 0 aliphatic carbocycles. The van der Waals surface area contributed by atoms with Gasteiger partial charge in [-0.25, -0.2) is 4.68 Å². The highest BCUT2D eigenvalue weighted by Gasteiger charge is 2.21. The van der Waals surface area contributed by atoms with Crippen LogP contribution in [-0.2, 0) is 4.79 Å². The van der Waals surface area contributed by atoms with Crippen molar-refractivity contribution >= 4 is 17.0 Å². The van der Waals surface area contributed by atoms with Crippen molar-refractivity contribution in [3.8, 4) is 5.75 Å². The van der Waals surface area contributed by atoms with E-state index in [-0.39, 0.29) is 12.0 Å². The van der Waals surface area contributed by atoms with E-state index in [1.165, 1.54) is 6.92 Å². The summed E-state index contributed by atoms with van der Waals surface area (Å²) in [7, 11) is 0. The van der Waals surface area contributed by atoms with Crippen LogP contribution in [0.15, 0.2) is 72.9 Å². The first-order valence-electron chi connectivity index (χ1n) is 8.21. The SMILES string of the molecule is CC(=O)Oc1ccc(C(c2ccccn2)n2nnc3ccccc32)cc1. The molecule has 128 valence electrons. The van der Waals surface area contributed by atoms with E-state index >= 15 is 0 Å². The molecular weight excluding hydrogens is 328 g/mol. The minimum atomic E-state index is -0.346. The Morgan fingerprint density at radius 3 is 2.50 bits per heavy atom. The van der Waals surface area contributed by atoms with Gasteiger partial charge in [0.25, 0.3) is 0 Å². The standard InChI is InChI=1S/C20H16N4O2/c1-14(25)26-16-11-9-15(10-12-16)20(18-7-4-5-13-21-18)24-19-8-3-2-6-17(19)22-23-24/h2-13,20H,1H3. The summed E-state index contributed by atoms with van der Waals surface area (Å²) in [5, 5.41) is 8.62. The number of nitrogens with zero attached hydrogens (tertiary/aromatic N) is 4. The first-order valence-corrected chi connectivity index (χ1v) is 8.21. The first kappa shape index (κ1) is 16.0. The molecule has 0 fully saturated rings. The molecule has 0 aliphatic rings. The lowest BCUT2D eigenvalue weighted by molar-refractivity contribution is -0.131. The number of carbonyl (C=O) groups is 1. The molecule has 0 saturated heterocycles. The number of ether oxygens (including phenoxy) is 1. The number of carbonyl (C=O) groups excluding carboxylic acids is 1. The molecule has 4 aromatic rings. The Morgan fingerprint density at radius 2 is 1.77 bits per heavy atom. The molecule has 0 amide bonds. The Kier molecular flexibility index (Phi) is 4.15. The molecule has 2 aromatic carbocycles. The quantitative estimate of drug-likeness (QED) is 0.419. The van der Waals surface area contributed by atoms with Gasteiger partial charge in [-0.1, -0.05) is 35.5 Å². The minimum absolute atomic E-state index is 0.241. The van der Waals surface area contributed by atoms with Crippen molar-refractivity contribution in [3.63, 3.8) is 0 Å². The third-order valence-corrected chi connectivity index (χ3v) is 4.05. The normalized spacial score (nSPS) is 12.0. The zero-order valence-electron chi connectivity index (χ0n) is 14.1. The number of benzene rings is 2. The number of pyridine rings is 1. The molecule has 0 spiro atoms. The number of aromatic nitrogens is 4. The Labute approximate surface area is 150 Å². The molecular formula is C20H16N4O2. The van der Waals surface area contributed by atoms with Crippen molar-refractivity contribution in [3.05, 3.63) is 84.2 Å². The summed E-state index contributed by atoms with van der Waals surface area (Å²) in [4.78, 5) is 15.6. The summed E-state index contributed by atoms with van der Waals surface area (Å²) in [6.07, 6.45) is 1.76. The van der Waals surface area contributed by atoms with Gasteiger partial charge in [-0.05, 0) is 42.0 Å². The van der Waals surface area contributed by atoms with Crippen molar-refractivity contribution in [2.75, 3.05) is 0 Å². The summed E-state index contributed by atoms with van der Waals surface area (Å²) in [6.45, 7) is 1.38. The number of hydrogen-bond acceptors (Lipinski definition) is 5. The number of fused-ring (bicyclic) bond motifs is 1. The molecule has 2 aromatic heterocycles. The Morgan fingerprint density at radius 1 is 1.00 bits per heavy atom. The van der Waals surface area contributed by atoms with Gasteiger partial charge in [0.1, 0.15) is 17.3 Å². The van der Waals surface area contributed by atoms with Crippen LogP contribution >= 0.6 is 0 Å². The second kappa shape index (κ2) is 6.76. The minimum Gasteiger partial charge on any atom is -0.427 e. The van der Waals surface area contributed by atoms with Gasteiger partial charge in [0.05, 0.1) is 11.2 Å². The van der Waals surface area contributed by atoms with E-state index in [1.54, 1.807) is 18.3 Å². The van der Waals surface area contributed by atoms with Crippen molar-refractivity contribution < 1.29 is 9.53 Å². The van der Waals surface area contributed by atoms with Gasteiger partial charge in [-0.15, -0.1) is 5.10 Å². The fourth-order valence-corrected chi connectivity index (χ4v) is 2.94. The molecule has 2 heterocycles. The highest BCUT2D eigenvalue weighted by Crippen LogP contribution is 2.28. The average molecular weight is 344 g/mol. The molecule has 0 saturated carbocycles. The van der Waals surface area contributed by atoms with Gasteiger partial charge < -0.3 is 4.74 Å². The maximum atomic E-state index is 11.1. The zero-order valence-corrected chi connectivity index (χ0v) is 14.1.